The predicted molar refractivity (Wildman–Crippen MR) is 138 cm³/mol. The van der Waals surface area contributed by atoms with Crippen molar-refractivity contribution in [2.24, 2.45) is 0 Å². The zero-order valence-electron chi connectivity index (χ0n) is 22.3. The molecule has 2 amide bonds. The molecule has 3 aromatic heterocycles. The van der Waals surface area contributed by atoms with Crippen LogP contribution in [0.25, 0.3) is 22.7 Å². The lowest BCUT2D eigenvalue weighted by atomic mass is 10.1. The van der Waals surface area contributed by atoms with Gasteiger partial charge in [0.2, 0.25) is 0 Å². The Kier molecular flexibility index (Phi) is 6.49. The first kappa shape index (κ1) is 25.8. The number of anilines is 1. The summed E-state index contributed by atoms with van der Waals surface area (Å²) in [5.41, 5.74) is 0.586. The molecule has 11 nitrogen and oxygen atoms in total. The Morgan fingerprint density at radius 3 is 2.05 bits per heavy atom. The summed E-state index contributed by atoms with van der Waals surface area (Å²) in [6.45, 7) is 13.9. The molecule has 37 heavy (non-hydrogen) atoms. The maximum atomic E-state index is 13.5. The highest BCUT2D eigenvalue weighted by molar-refractivity contribution is 6.10. The van der Waals surface area contributed by atoms with Crippen molar-refractivity contribution in [3.05, 3.63) is 54.1 Å². The molecule has 0 aliphatic rings. The number of rotatable bonds is 3. The lowest BCUT2D eigenvalue weighted by Gasteiger charge is -2.29. The number of nitrogens with zero attached hydrogens (tertiary/aromatic N) is 7. The van der Waals surface area contributed by atoms with Gasteiger partial charge in [-0.2, -0.15) is 20.1 Å². The van der Waals surface area contributed by atoms with Gasteiger partial charge in [0.15, 0.2) is 5.82 Å². The predicted octanol–water partition coefficient (Wildman–Crippen LogP) is 5.27. The van der Waals surface area contributed by atoms with Crippen molar-refractivity contribution < 1.29 is 19.1 Å². The van der Waals surface area contributed by atoms with E-state index in [2.05, 4.69) is 15.1 Å². The summed E-state index contributed by atoms with van der Waals surface area (Å²) in [6, 6.07) is 9.19. The summed E-state index contributed by atoms with van der Waals surface area (Å²) >= 11 is 0. The minimum atomic E-state index is -0.881. The van der Waals surface area contributed by atoms with Gasteiger partial charge in [0.25, 0.3) is 5.78 Å². The number of amides is 2. The minimum Gasteiger partial charge on any atom is -0.443 e. The Bertz CT molecular complexity index is 1430. The quantitative estimate of drug-likeness (QED) is 0.370. The number of hydrogen-bond acceptors (Lipinski definition) is 8. The topological polar surface area (TPSA) is 117 Å². The molecule has 194 valence electrons. The van der Waals surface area contributed by atoms with E-state index in [-0.39, 0.29) is 5.82 Å². The molecule has 4 rings (SSSR count). The van der Waals surface area contributed by atoms with Crippen molar-refractivity contribution in [1.82, 2.24) is 29.4 Å². The maximum Gasteiger partial charge on any atom is 0.425 e. The van der Waals surface area contributed by atoms with Crippen LogP contribution in [0.1, 0.15) is 52.9 Å². The first-order valence-corrected chi connectivity index (χ1v) is 11.8. The van der Waals surface area contributed by atoms with Gasteiger partial charge in [0.1, 0.15) is 22.7 Å². The van der Waals surface area contributed by atoms with Crippen LogP contribution in [0.5, 0.6) is 0 Å². The summed E-state index contributed by atoms with van der Waals surface area (Å²) in [5, 5.41) is 9.14. The van der Waals surface area contributed by atoms with Crippen LogP contribution < -0.4 is 4.90 Å². The Morgan fingerprint density at radius 1 is 0.892 bits per heavy atom. The molecule has 0 bridgehead atoms. The van der Waals surface area contributed by atoms with Crippen LogP contribution in [0, 0.1) is 13.8 Å². The minimum absolute atomic E-state index is 0.194. The van der Waals surface area contributed by atoms with E-state index < -0.39 is 23.4 Å². The number of ether oxygens (including phenoxy) is 2. The molecule has 0 atom stereocenters. The maximum absolute atomic E-state index is 13.5. The zero-order valence-corrected chi connectivity index (χ0v) is 22.3. The average Bonchev–Trinajstić information content (AvgIpc) is 3.31. The Labute approximate surface area is 215 Å². The molecule has 1 aromatic carbocycles. The van der Waals surface area contributed by atoms with E-state index in [1.54, 1.807) is 72.3 Å². The van der Waals surface area contributed by atoms with Crippen LogP contribution in [-0.4, -0.2) is 52.8 Å². The van der Waals surface area contributed by atoms with E-state index in [0.717, 1.165) is 4.90 Å². The summed E-state index contributed by atoms with van der Waals surface area (Å²) < 4.78 is 14.3. The van der Waals surface area contributed by atoms with Crippen LogP contribution in [-0.2, 0) is 9.47 Å². The fourth-order valence-corrected chi connectivity index (χ4v) is 3.64. The van der Waals surface area contributed by atoms with E-state index in [0.29, 0.717) is 34.1 Å². The first-order chi connectivity index (χ1) is 17.2. The smallest absolute Gasteiger partial charge is 0.425 e. The van der Waals surface area contributed by atoms with Gasteiger partial charge in [0.05, 0.1) is 5.69 Å². The molecule has 0 N–H and O–H groups in total. The first-order valence-electron chi connectivity index (χ1n) is 11.8. The van der Waals surface area contributed by atoms with E-state index in [1.807, 2.05) is 30.3 Å². The van der Waals surface area contributed by atoms with Gasteiger partial charge in [0, 0.05) is 23.5 Å². The highest BCUT2D eigenvalue weighted by Crippen LogP contribution is 2.34. The number of carbonyl (C=O) groups is 2. The molecule has 0 unspecified atom stereocenters. The van der Waals surface area contributed by atoms with Crippen LogP contribution in [0.3, 0.4) is 0 Å². The molecule has 4 aromatic rings. The fourth-order valence-electron chi connectivity index (χ4n) is 3.64. The molecule has 0 saturated carbocycles. The third-order valence-electron chi connectivity index (χ3n) is 5.03. The Hall–Kier alpha value is -4.28. The van der Waals surface area contributed by atoms with Gasteiger partial charge < -0.3 is 9.47 Å². The number of fused-ring (bicyclic) bond motifs is 1. The van der Waals surface area contributed by atoms with Crippen LogP contribution in [0.4, 0.5) is 15.4 Å². The van der Waals surface area contributed by atoms with Gasteiger partial charge in [-0.1, -0.05) is 18.2 Å². The monoisotopic (exact) mass is 505 g/mol. The molecular weight excluding hydrogens is 474 g/mol. The third kappa shape index (κ3) is 5.60. The Morgan fingerprint density at radius 2 is 1.49 bits per heavy atom. The molecule has 3 heterocycles. The van der Waals surface area contributed by atoms with Crippen molar-refractivity contribution in [1.29, 1.82) is 0 Å². The normalized spacial score (nSPS) is 12.0. The second-order valence-corrected chi connectivity index (χ2v) is 10.6. The molecule has 0 fully saturated rings. The molecule has 0 aliphatic heterocycles. The molecule has 0 radical (unpaired) electrons. The van der Waals surface area contributed by atoms with E-state index >= 15 is 0 Å². The third-order valence-corrected chi connectivity index (χ3v) is 5.03. The van der Waals surface area contributed by atoms with E-state index in [4.69, 9.17) is 14.6 Å². The van der Waals surface area contributed by atoms with Gasteiger partial charge in [-0.05, 0) is 67.5 Å². The fraction of sp³-hybridized carbons (Fsp3) is 0.385. The van der Waals surface area contributed by atoms with Crippen LogP contribution in [0.2, 0.25) is 0 Å². The summed E-state index contributed by atoms with van der Waals surface area (Å²) in [5.74, 6) is 1.23. The summed E-state index contributed by atoms with van der Waals surface area (Å²) in [7, 11) is 0. The molecular formula is C26H31N7O4. The number of para-hydroxylation sites is 1. The van der Waals surface area contributed by atoms with Gasteiger partial charge in [-0.15, -0.1) is 0 Å². The SMILES string of the molecule is Cc1nc2ncc(-c3nn(-c4ccccc4)c(N(C(=O)OC(C)(C)C)C(=O)OC(C)(C)C)c3C)cn2n1. The van der Waals surface area contributed by atoms with Crippen molar-refractivity contribution >= 4 is 23.8 Å². The lowest BCUT2D eigenvalue weighted by molar-refractivity contribution is 0.0427. The summed E-state index contributed by atoms with van der Waals surface area (Å²) in [4.78, 5) is 36.5. The standard InChI is InChI=1S/C26H31N7O4/c1-16-20(18-14-27-22-28-17(2)29-31(22)15-18)30-33(19-12-10-9-11-13-19)21(16)32(23(34)36-25(3,4)5)24(35)37-26(6,7)8/h9-15H,1-8H3. The highest BCUT2D eigenvalue weighted by Gasteiger charge is 2.37. The van der Waals surface area contributed by atoms with Crippen molar-refractivity contribution in [2.75, 3.05) is 4.90 Å². The number of aryl methyl sites for hydroxylation is 1. The second-order valence-electron chi connectivity index (χ2n) is 10.6. The number of carbonyl (C=O) groups excluding carboxylic acids is 2. The van der Waals surface area contributed by atoms with Crippen LogP contribution >= 0.6 is 0 Å². The van der Waals surface area contributed by atoms with Crippen molar-refractivity contribution in [3.8, 4) is 16.9 Å². The van der Waals surface area contributed by atoms with Crippen LogP contribution in [0.15, 0.2) is 42.7 Å². The molecule has 0 saturated heterocycles. The van der Waals surface area contributed by atoms with Gasteiger partial charge >= 0.3 is 12.2 Å². The zero-order chi connectivity index (χ0) is 27.1. The molecule has 0 spiro atoms. The average molecular weight is 506 g/mol. The lowest BCUT2D eigenvalue weighted by Crippen LogP contribution is -2.45. The van der Waals surface area contributed by atoms with Gasteiger partial charge in [-0.25, -0.2) is 23.8 Å². The number of hydrogen-bond donors (Lipinski definition) is 0. The number of imide groups is 1. The molecule has 0 aliphatic carbocycles. The Balaban J connectivity index is 1.95. The second kappa shape index (κ2) is 9.30. The van der Waals surface area contributed by atoms with E-state index in [9.17, 15) is 9.59 Å². The van der Waals surface area contributed by atoms with E-state index in [1.165, 1.54) is 4.68 Å². The summed E-state index contributed by atoms with van der Waals surface area (Å²) in [6.07, 6.45) is 1.62. The largest absolute Gasteiger partial charge is 0.443 e. The van der Waals surface area contributed by atoms with Crippen molar-refractivity contribution in [2.45, 2.75) is 66.6 Å². The van der Waals surface area contributed by atoms with Gasteiger partial charge in [-0.3, -0.25) is 0 Å². The van der Waals surface area contributed by atoms with Crippen molar-refractivity contribution in [3.63, 3.8) is 0 Å². The molecule has 11 heteroatoms. The highest BCUT2D eigenvalue weighted by atomic mass is 16.6. The number of benzene rings is 1. The number of aromatic nitrogens is 6.